The molecule has 1 saturated heterocycles. The highest BCUT2D eigenvalue weighted by Gasteiger charge is 2.46. The van der Waals surface area contributed by atoms with Crippen LogP contribution in [0.2, 0.25) is 0 Å². The van der Waals surface area contributed by atoms with Crippen LogP contribution in [0.3, 0.4) is 0 Å². The van der Waals surface area contributed by atoms with E-state index in [-0.39, 0.29) is 30.6 Å². The predicted octanol–water partition coefficient (Wildman–Crippen LogP) is 0.280. The average molecular weight is 400 g/mol. The third-order valence-corrected chi connectivity index (χ3v) is 5.58. The number of carboxylic acids is 1. The van der Waals surface area contributed by atoms with E-state index in [0.29, 0.717) is 37.9 Å². The Balaban J connectivity index is 1.43. The molecule has 0 spiro atoms. The van der Waals surface area contributed by atoms with Gasteiger partial charge in [-0.2, -0.15) is 0 Å². The molecule has 1 aromatic rings. The predicted molar refractivity (Wildman–Crippen MR) is 109 cm³/mol. The van der Waals surface area contributed by atoms with E-state index >= 15 is 0 Å². The largest absolute Gasteiger partial charge is 0.481 e. The zero-order chi connectivity index (χ0) is 21.0. The molecule has 1 saturated carbocycles. The molecular formula is C20H28N6O3. The summed E-state index contributed by atoms with van der Waals surface area (Å²) in [4.78, 5) is 27.4. The summed E-state index contributed by atoms with van der Waals surface area (Å²) in [6.07, 6.45) is 0.605. The first-order valence-corrected chi connectivity index (χ1v) is 9.82. The van der Waals surface area contributed by atoms with Crippen molar-refractivity contribution in [2.75, 3.05) is 32.7 Å². The smallest absolute Gasteiger partial charge is 0.305 e. The molecule has 1 aliphatic carbocycles. The van der Waals surface area contributed by atoms with Gasteiger partial charge in [0.1, 0.15) is 11.7 Å². The summed E-state index contributed by atoms with van der Waals surface area (Å²) in [5.74, 6) is -0.416. The molecule has 1 amide bonds. The molecule has 3 rings (SSSR count). The van der Waals surface area contributed by atoms with Gasteiger partial charge in [0.2, 0.25) is 5.91 Å². The third kappa shape index (κ3) is 5.32. The summed E-state index contributed by atoms with van der Waals surface area (Å²) >= 11 is 0. The summed E-state index contributed by atoms with van der Waals surface area (Å²) in [6, 6.07) is 9.33. The fourth-order valence-corrected chi connectivity index (χ4v) is 3.77. The Hall–Kier alpha value is -2.94. The lowest BCUT2D eigenvalue weighted by Crippen LogP contribution is -2.54. The van der Waals surface area contributed by atoms with Crippen molar-refractivity contribution in [2.45, 2.75) is 24.8 Å². The molecule has 0 bridgehead atoms. The lowest BCUT2D eigenvalue weighted by Gasteiger charge is -2.36. The second-order valence-electron chi connectivity index (χ2n) is 7.61. The van der Waals surface area contributed by atoms with Gasteiger partial charge in [-0.25, -0.2) is 0 Å². The monoisotopic (exact) mass is 400 g/mol. The Kier molecular flexibility index (Phi) is 6.48. The second-order valence-corrected chi connectivity index (χ2v) is 7.61. The number of nitrogens with zero attached hydrogens (tertiary/aromatic N) is 2. The van der Waals surface area contributed by atoms with Gasteiger partial charge in [0, 0.05) is 32.1 Å². The van der Waals surface area contributed by atoms with Crippen molar-refractivity contribution in [3.63, 3.8) is 0 Å². The lowest BCUT2D eigenvalue weighted by atomic mass is 10.1. The molecule has 9 heteroatoms. The maximum Gasteiger partial charge on any atom is 0.305 e. The van der Waals surface area contributed by atoms with Crippen molar-refractivity contribution in [3.05, 3.63) is 35.9 Å². The van der Waals surface area contributed by atoms with E-state index in [2.05, 4.69) is 17.4 Å². The summed E-state index contributed by atoms with van der Waals surface area (Å²) < 4.78 is 0. The Morgan fingerprint density at radius 3 is 2.34 bits per heavy atom. The molecule has 2 aliphatic rings. The Bertz CT molecular complexity index is 776. The summed E-state index contributed by atoms with van der Waals surface area (Å²) in [7, 11) is 0. The molecule has 2 fully saturated rings. The first-order valence-electron chi connectivity index (χ1n) is 9.82. The molecule has 29 heavy (non-hydrogen) atoms. The van der Waals surface area contributed by atoms with E-state index in [9.17, 15) is 9.59 Å². The normalized spacial score (nSPS) is 22.1. The standard InChI is InChI=1S/C20H28N6O3/c21-17(12-24-16(19(22)23)11-18(27)28)25-6-8-26(9-7-25)20(29)15-10-14(15)13-4-2-1-3-5-13/h1-5,14-16,21,24H,6-12H2,(H3,22,23)(H,27,28)/t14-,15+,16-/m0/s1. The van der Waals surface area contributed by atoms with E-state index in [1.54, 1.807) is 0 Å². The average Bonchev–Trinajstić information content (AvgIpc) is 3.51. The molecule has 1 heterocycles. The number of benzene rings is 1. The van der Waals surface area contributed by atoms with Crippen molar-refractivity contribution in [2.24, 2.45) is 11.7 Å². The summed E-state index contributed by atoms with van der Waals surface area (Å²) in [5, 5.41) is 27.4. The van der Waals surface area contributed by atoms with Crippen LogP contribution >= 0.6 is 0 Å². The third-order valence-electron chi connectivity index (χ3n) is 5.58. The van der Waals surface area contributed by atoms with Crippen molar-refractivity contribution in [3.8, 4) is 0 Å². The number of carbonyl (C=O) groups is 2. The van der Waals surface area contributed by atoms with E-state index in [0.717, 1.165) is 6.42 Å². The SMILES string of the molecule is N=C(N)[C@H](CC(=O)O)NCC(=N)N1CCN(C(=O)[C@@H]2C[C@H]2c2ccccc2)CC1. The maximum absolute atomic E-state index is 12.8. The number of carboxylic acid groups (broad SMARTS) is 1. The van der Waals surface area contributed by atoms with Crippen LogP contribution in [0.1, 0.15) is 24.3 Å². The van der Waals surface area contributed by atoms with Crippen LogP contribution in [-0.2, 0) is 9.59 Å². The van der Waals surface area contributed by atoms with Crippen LogP contribution in [0.4, 0.5) is 0 Å². The van der Waals surface area contributed by atoms with E-state index < -0.39 is 12.0 Å². The number of rotatable bonds is 8. The van der Waals surface area contributed by atoms with Crippen molar-refractivity contribution < 1.29 is 14.7 Å². The minimum atomic E-state index is -1.05. The van der Waals surface area contributed by atoms with Gasteiger partial charge >= 0.3 is 5.97 Å². The topological polar surface area (TPSA) is 147 Å². The molecule has 0 aromatic heterocycles. The van der Waals surface area contributed by atoms with Gasteiger partial charge in [-0.15, -0.1) is 0 Å². The van der Waals surface area contributed by atoms with Crippen molar-refractivity contribution in [1.29, 1.82) is 10.8 Å². The van der Waals surface area contributed by atoms with Gasteiger partial charge in [0.05, 0.1) is 19.0 Å². The number of hydrogen-bond donors (Lipinski definition) is 5. The number of aliphatic carboxylic acids is 1. The maximum atomic E-state index is 12.8. The molecule has 0 radical (unpaired) electrons. The molecule has 0 unspecified atom stereocenters. The van der Waals surface area contributed by atoms with E-state index in [1.165, 1.54) is 5.56 Å². The minimum Gasteiger partial charge on any atom is -0.481 e. The molecule has 9 nitrogen and oxygen atoms in total. The number of piperazine rings is 1. The van der Waals surface area contributed by atoms with Crippen LogP contribution in [0, 0.1) is 16.7 Å². The minimum absolute atomic E-state index is 0.0670. The highest BCUT2D eigenvalue weighted by atomic mass is 16.4. The number of nitrogens with one attached hydrogen (secondary N) is 3. The molecule has 156 valence electrons. The number of amidine groups is 2. The van der Waals surface area contributed by atoms with Gasteiger partial charge in [0.25, 0.3) is 0 Å². The second kappa shape index (κ2) is 9.04. The summed E-state index contributed by atoms with van der Waals surface area (Å²) in [5.41, 5.74) is 6.64. The van der Waals surface area contributed by atoms with Gasteiger partial charge in [-0.1, -0.05) is 30.3 Å². The lowest BCUT2D eigenvalue weighted by molar-refractivity contribution is -0.137. The molecular weight excluding hydrogens is 372 g/mol. The number of amides is 1. The zero-order valence-electron chi connectivity index (χ0n) is 16.3. The number of nitrogens with two attached hydrogens (primary N) is 1. The van der Waals surface area contributed by atoms with Crippen molar-refractivity contribution >= 4 is 23.5 Å². The fraction of sp³-hybridized carbons (Fsp3) is 0.500. The van der Waals surface area contributed by atoms with E-state index in [1.807, 2.05) is 28.0 Å². The Morgan fingerprint density at radius 1 is 1.14 bits per heavy atom. The zero-order valence-corrected chi connectivity index (χ0v) is 16.3. The van der Waals surface area contributed by atoms with Crippen molar-refractivity contribution in [1.82, 2.24) is 15.1 Å². The van der Waals surface area contributed by atoms with Gasteiger partial charge < -0.3 is 20.6 Å². The first-order chi connectivity index (χ1) is 13.9. The highest BCUT2D eigenvalue weighted by Crippen LogP contribution is 2.48. The number of carbonyl (C=O) groups excluding carboxylic acids is 1. The van der Waals surface area contributed by atoms with Crippen LogP contribution < -0.4 is 11.1 Å². The van der Waals surface area contributed by atoms with Gasteiger partial charge in [-0.05, 0) is 17.9 Å². The first kappa shape index (κ1) is 20.8. The fourth-order valence-electron chi connectivity index (χ4n) is 3.77. The molecule has 3 atom stereocenters. The highest BCUT2D eigenvalue weighted by molar-refractivity contribution is 5.88. The van der Waals surface area contributed by atoms with Crippen LogP contribution in [0.15, 0.2) is 30.3 Å². The molecule has 1 aromatic carbocycles. The quantitative estimate of drug-likeness (QED) is 0.313. The van der Waals surface area contributed by atoms with Crippen LogP contribution in [-0.4, -0.2) is 77.2 Å². The van der Waals surface area contributed by atoms with Crippen LogP contribution in [0.5, 0.6) is 0 Å². The van der Waals surface area contributed by atoms with Gasteiger partial charge in [0.15, 0.2) is 0 Å². The Labute approximate surface area is 169 Å². The summed E-state index contributed by atoms with van der Waals surface area (Å²) in [6.45, 7) is 2.41. The molecule has 6 N–H and O–H groups in total. The number of hydrogen-bond acceptors (Lipinski definition) is 5. The van der Waals surface area contributed by atoms with Gasteiger partial charge in [-0.3, -0.25) is 25.7 Å². The van der Waals surface area contributed by atoms with E-state index in [4.69, 9.17) is 21.7 Å². The Morgan fingerprint density at radius 2 is 1.76 bits per heavy atom. The molecule has 1 aliphatic heterocycles. The van der Waals surface area contributed by atoms with Crippen LogP contribution in [0.25, 0.3) is 0 Å².